The lowest BCUT2D eigenvalue weighted by atomic mass is 10.1. The van der Waals surface area contributed by atoms with Gasteiger partial charge in [0.25, 0.3) is 5.91 Å². The molecule has 1 aromatic carbocycles. The van der Waals surface area contributed by atoms with Crippen LogP contribution in [0, 0.1) is 5.92 Å². The van der Waals surface area contributed by atoms with Crippen molar-refractivity contribution >= 4 is 12.0 Å². The normalized spacial score (nSPS) is 25.4. The maximum absolute atomic E-state index is 12.4. The van der Waals surface area contributed by atoms with Gasteiger partial charge in [-0.3, -0.25) is 4.79 Å². The van der Waals surface area contributed by atoms with Crippen molar-refractivity contribution in [2.45, 2.75) is 63.0 Å². The summed E-state index contributed by atoms with van der Waals surface area (Å²) in [5.41, 5.74) is 1.78. The molecule has 1 aromatic rings. The maximum Gasteiger partial charge on any atom is 0.407 e. The average molecular weight is 342 g/mol. The lowest BCUT2D eigenvalue weighted by Gasteiger charge is -2.12. The molecule has 0 saturated heterocycles. The van der Waals surface area contributed by atoms with Crippen molar-refractivity contribution in [3.63, 3.8) is 0 Å². The predicted molar refractivity (Wildman–Crippen MR) is 94.5 cm³/mol. The molecule has 5 nitrogen and oxygen atoms in total. The van der Waals surface area contributed by atoms with Crippen molar-refractivity contribution < 1.29 is 14.3 Å². The first-order chi connectivity index (χ1) is 12.2. The minimum Gasteiger partial charge on any atom is -0.446 e. The largest absolute Gasteiger partial charge is 0.446 e. The van der Waals surface area contributed by atoms with Crippen LogP contribution in [0.5, 0.6) is 0 Å². The van der Waals surface area contributed by atoms with Gasteiger partial charge in [0.1, 0.15) is 6.10 Å². The smallest absolute Gasteiger partial charge is 0.407 e. The number of carbonyl (C=O) groups is 2. The van der Waals surface area contributed by atoms with Crippen molar-refractivity contribution in [2.75, 3.05) is 6.54 Å². The Morgan fingerprint density at radius 1 is 1.12 bits per heavy atom. The molecule has 3 fully saturated rings. The van der Waals surface area contributed by atoms with Crippen molar-refractivity contribution in [3.05, 3.63) is 35.4 Å². The highest BCUT2D eigenvalue weighted by atomic mass is 16.6. The molecule has 0 aliphatic heterocycles. The van der Waals surface area contributed by atoms with Crippen molar-refractivity contribution in [1.29, 1.82) is 0 Å². The number of rotatable bonds is 6. The standard InChI is InChI=1S/C20H26N2O3/c23-19(22-16-6-1-2-7-16)15-5-3-4-14(10-15)17-11-18(17)25-20(24)21-12-13-8-9-13/h3-5,10,13,16-18H,1-2,6-9,11-12H2,(H,21,24)(H,22,23)/t17-,18+/m0/s1. The van der Waals surface area contributed by atoms with Crippen LogP contribution in [0.25, 0.3) is 0 Å². The van der Waals surface area contributed by atoms with Crippen LogP contribution in [-0.4, -0.2) is 30.7 Å². The molecule has 2 amide bonds. The van der Waals surface area contributed by atoms with Crippen LogP contribution in [-0.2, 0) is 4.74 Å². The highest BCUT2D eigenvalue weighted by Gasteiger charge is 2.42. The first-order valence-electron chi connectivity index (χ1n) is 9.54. The molecule has 0 spiro atoms. The molecular formula is C20H26N2O3. The topological polar surface area (TPSA) is 67.4 Å². The van der Waals surface area contributed by atoms with Crippen LogP contribution in [0.4, 0.5) is 4.79 Å². The molecule has 4 rings (SSSR count). The van der Waals surface area contributed by atoms with Crippen LogP contribution in [0.15, 0.2) is 24.3 Å². The lowest BCUT2D eigenvalue weighted by molar-refractivity contribution is 0.0937. The van der Waals surface area contributed by atoms with Gasteiger partial charge in [-0.25, -0.2) is 4.79 Å². The van der Waals surface area contributed by atoms with Crippen LogP contribution in [0.3, 0.4) is 0 Å². The van der Waals surface area contributed by atoms with E-state index in [2.05, 4.69) is 10.6 Å². The van der Waals surface area contributed by atoms with E-state index in [1.165, 1.54) is 25.7 Å². The molecule has 5 heteroatoms. The number of hydrogen-bond donors (Lipinski definition) is 2. The zero-order valence-corrected chi connectivity index (χ0v) is 14.5. The number of alkyl carbamates (subject to hydrolysis) is 1. The van der Waals surface area contributed by atoms with Gasteiger partial charge in [-0.1, -0.05) is 25.0 Å². The molecular weight excluding hydrogens is 316 g/mol. The van der Waals surface area contributed by atoms with Crippen LogP contribution < -0.4 is 10.6 Å². The molecule has 3 aliphatic carbocycles. The summed E-state index contributed by atoms with van der Waals surface area (Å²) >= 11 is 0. The highest BCUT2D eigenvalue weighted by molar-refractivity contribution is 5.94. The van der Waals surface area contributed by atoms with Gasteiger partial charge in [-0.15, -0.1) is 0 Å². The summed E-state index contributed by atoms with van der Waals surface area (Å²) in [7, 11) is 0. The highest BCUT2D eigenvalue weighted by Crippen LogP contribution is 2.43. The molecule has 3 aliphatic rings. The Labute approximate surface area is 148 Å². The van der Waals surface area contributed by atoms with Gasteiger partial charge in [-0.05, 0) is 55.7 Å². The minimum atomic E-state index is -0.311. The summed E-state index contributed by atoms with van der Waals surface area (Å²) in [5, 5.41) is 5.96. The molecule has 0 aromatic heterocycles. The Morgan fingerprint density at radius 2 is 1.92 bits per heavy atom. The minimum absolute atomic E-state index is 0.00837. The van der Waals surface area contributed by atoms with Crippen molar-refractivity contribution in [2.24, 2.45) is 5.92 Å². The number of hydrogen-bond acceptors (Lipinski definition) is 3. The number of nitrogens with one attached hydrogen (secondary N) is 2. The number of carbonyl (C=O) groups excluding carboxylic acids is 2. The molecule has 0 radical (unpaired) electrons. The third-order valence-electron chi connectivity index (χ3n) is 5.49. The Kier molecular flexibility index (Phi) is 4.64. The molecule has 25 heavy (non-hydrogen) atoms. The molecule has 0 heterocycles. The van der Waals surface area contributed by atoms with E-state index in [4.69, 9.17) is 4.74 Å². The van der Waals surface area contributed by atoms with Crippen LogP contribution >= 0.6 is 0 Å². The second kappa shape index (κ2) is 7.06. The van der Waals surface area contributed by atoms with E-state index >= 15 is 0 Å². The van der Waals surface area contributed by atoms with E-state index in [1.807, 2.05) is 24.3 Å². The fourth-order valence-corrected chi connectivity index (χ4v) is 3.63. The fraction of sp³-hybridized carbons (Fsp3) is 0.600. The third-order valence-corrected chi connectivity index (χ3v) is 5.49. The van der Waals surface area contributed by atoms with E-state index in [0.29, 0.717) is 17.5 Å². The quantitative estimate of drug-likeness (QED) is 0.833. The Hall–Kier alpha value is -2.04. The van der Waals surface area contributed by atoms with Gasteiger partial charge in [0, 0.05) is 24.1 Å². The first kappa shape index (κ1) is 16.4. The summed E-state index contributed by atoms with van der Waals surface area (Å²) < 4.78 is 5.46. The van der Waals surface area contributed by atoms with E-state index in [0.717, 1.165) is 31.4 Å². The summed E-state index contributed by atoms with van der Waals surface area (Å²) in [6.45, 7) is 0.729. The average Bonchev–Trinajstić information content (AvgIpc) is 3.53. The first-order valence-corrected chi connectivity index (χ1v) is 9.54. The summed E-state index contributed by atoms with van der Waals surface area (Å²) in [4.78, 5) is 24.2. The summed E-state index contributed by atoms with van der Waals surface area (Å²) in [5.74, 6) is 0.873. The second-order valence-electron chi connectivity index (χ2n) is 7.69. The van der Waals surface area contributed by atoms with Gasteiger partial charge in [0.2, 0.25) is 0 Å². The Bertz CT molecular complexity index is 650. The molecule has 0 bridgehead atoms. The molecule has 134 valence electrons. The van der Waals surface area contributed by atoms with Gasteiger partial charge in [-0.2, -0.15) is 0 Å². The lowest BCUT2D eigenvalue weighted by Crippen LogP contribution is -2.32. The van der Waals surface area contributed by atoms with E-state index in [1.54, 1.807) is 0 Å². The third kappa shape index (κ3) is 4.33. The van der Waals surface area contributed by atoms with E-state index in [9.17, 15) is 9.59 Å². The zero-order chi connectivity index (χ0) is 17.2. The van der Waals surface area contributed by atoms with E-state index < -0.39 is 0 Å². The van der Waals surface area contributed by atoms with Gasteiger partial charge in [0.15, 0.2) is 0 Å². The van der Waals surface area contributed by atoms with Gasteiger partial charge >= 0.3 is 6.09 Å². The monoisotopic (exact) mass is 342 g/mol. The number of benzene rings is 1. The van der Waals surface area contributed by atoms with Crippen molar-refractivity contribution in [1.82, 2.24) is 10.6 Å². The number of amides is 2. The molecule has 2 N–H and O–H groups in total. The van der Waals surface area contributed by atoms with Gasteiger partial charge < -0.3 is 15.4 Å². The maximum atomic E-state index is 12.4. The predicted octanol–water partition coefficient (Wildman–Crippen LogP) is 3.35. The Balaban J connectivity index is 1.29. The van der Waals surface area contributed by atoms with Crippen LogP contribution in [0.1, 0.15) is 66.8 Å². The number of ether oxygens (including phenoxy) is 1. The SMILES string of the molecule is O=C(NCC1CC1)O[C@@H]1C[C@H]1c1cccc(C(=O)NC2CCCC2)c1. The van der Waals surface area contributed by atoms with Crippen LogP contribution in [0.2, 0.25) is 0 Å². The zero-order valence-electron chi connectivity index (χ0n) is 14.5. The molecule has 3 saturated carbocycles. The fourth-order valence-electron chi connectivity index (χ4n) is 3.63. The second-order valence-corrected chi connectivity index (χ2v) is 7.69. The van der Waals surface area contributed by atoms with Gasteiger partial charge in [0.05, 0.1) is 0 Å². The summed E-state index contributed by atoms with van der Waals surface area (Å²) in [6.07, 6.45) is 7.46. The van der Waals surface area contributed by atoms with Crippen molar-refractivity contribution in [3.8, 4) is 0 Å². The summed E-state index contributed by atoms with van der Waals surface area (Å²) in [6, 6.07) is 8.06. The molecule has 2 atom stereocenters. The molecule has 0 unspecified atom stereocenters. The Morgan fingerprint density at radius 3 is 2.68 bits per heavy atom. The van der Waals surface area contributed by atoms with E-state index in [-0.39, 0.29) is 24.0 Å².